The highest BCUT2D eigenvalue weighted by molar-refractivity contribution is 7.89. The second-order valence-corrected chi connectivity index (χ2v) is 6.62. The van der Waals surface area contributed by atoms with Crippen LogP contribution in [-0.2, 0) is 14.8 Å². The van der Waals surface area contributed by atoms with Crippen LogP contribution in [0.1, 0.15) is 18.6 Å². The first-order valence-electron chi connectivity index (χ1n) is 6.49. The van der Waals surface area contributed by atoms with Crippen LogP contribution in [0.15, 0.2) is 30.3 Å². The normalized spacial score (nSPS) is 19.1. The SMILES string of the molecule is CCS(=O)(=O)NCCN1CC(c2ccccc2)OC1=O. The average molecular weight is 298 g/mol. The Kier molecular flexibility index (Phi) is 4.61. The van der Waals surface area contributed by atoms with Gasteiger partial charge in [-0.05, 0) is 12.5 Å². The topological polar surface area (TPSA) is 75.7 Å². The second kappa shape index (κ2) is 6.23. The van der Waals surface area contributed by atoms with Gasteiger partial charge in [-0.1, -0.05) is 30.3 Å². The van der Waals surface area contributed by atoms with Crippen molar-refractivity contribution in [1.29, 1.82) is 0 Å². The fourth-order valence-corrected chi connectivity index (χ4v) is 2.58. The van der Waals surface area contributed by atoms with E-state index in [1.165, 1.54) is 4.90 Å². The molecule has 0 aliphatic carbocycles. The summed E-state index contributed by atoms with van der Waals surface area (Å²) in [5, 5.41) is 0. The Balaban J connectivity index is 1.87. The molecule has 1 heterocycles. The molecule has 1 aromatic carbocycles. The minimum Gasteiger partial charge on any atom is -0.439 e. The maximum Gasteiger partial charge on any atom is 0.410 e. The third-order valence-corrected chi connectivity index (χ3v) is 4.55. The number of sulfonamides is 1. The van der Waals surface area contributed by atoms with E-state index in [1.807, 2.05) is 30.3 Å². The molecule has 20 heavy (non-hydrogen) atoms. The largest absolute Gasteiger partial charge is 0.439 e. The number of nitrogens with zero attached hydrogens (tertiary/aromatic N) is 1. The molecule has 1 unspecified atom stereocenters. The molecule has 1 N–H and O–H groups in total. The van der Waals surface area contributed by atoms with Gasteiger partial charge in [-0.3, -0.25) is 0 Å². The van der Waals surface area contributed by atoms with Gasteiger partial charge in [0.15, 0.2) is 0 Å². The minimum atomic E-state index is -3.22. The lowest BCUT2D eigenvalue weighted by atomic mass is 10.1. The number of amides is 1. The molecule has 1 aliphatic rings. The number of cyclic esters (lactones) is 1. The summed E-state index contributed by atoms with van der Waals surface area (Å²) >= 11 is 0. The maximum absolute atomic E-state index is 11.7. The van der Waals surface area contributed by atoms with Crippen LogP contribution in [0.25, 0.3) is 0 Å². The van der Waals surface area contributed by atoms with Crippen molar-refractivity contribution < 1.29 is 17.9 Å². The second-order valence-electron chi connectivity index (χ2n) is 4.53. The number of nitrogens with one attached hydrogen (secondary N) is 1. The third kappa shape index (κ3) is 3.71. The van der Waals surface area contributed by atoms with Crippen molar-refractivity contribution in [2.75, 3.05) is 25.4 Å². The molecule has 1 fully saturated rings. The van der Waals surface area contributed by atoms with Crippen LogP contribution < -0.4 is 4.72 Å². The molecular weight excluding hydrogens is 280 g/mol. The van der Waals surface area contributed by atoms with Gasteiger partial charge >= 0.3 is 6.09 Å². The molecule has 1 aromatic rings. The van der Waals surface area contributed by atoms with Gasteiger partial charge in [0.2, 0.25) is 10.0 Å². The molecule has 0 spiro atoms. The van der Waals surface area contributed by atoms with E-state index < -0.39 is 16.1 Å². The Morgan fingerprint density at radius 2 is 2.05 bits per heavy atom. The van der Waals surface area contributed by atoms with Gasteiger partial charge in [-0.15, -0.1) is 0 Å². The smallest absolute Gasteiger partial charge is 0.410 e. The first kappa shape index (κ1) is 14.8. The predicted molar refractivity (Wildman–Crippen MR) is 74.7 cm³/mol. The highest BCUT2D eigenvalue weighted by Crippen LogP contribution is 2.25. The number of hydrogen-bond donors (Lipinski definition) is 1. The fraction of sp³-hybridized carbons (Fsp3) is 0.462. The van der Waals surface area contributed by atoms with Gasteiger partial charge in [0, 0.05) is 13.1 Å². The average Bonchev–Trinajstić information content (AvgIpc) is 2.81. The van der Waals surface area contributed by atoms with E-state index in [-0.39, 0.29) is 18.4 Å². The highest BCUT2D eigenvalue weighted by atomic mass is 32.2. The molecule has 2 rings (SSSR count). The molecule has 1 atom stereocenters. The lowest BCUT2D eigenvalue weighted by molar-refractivity contribution is 0.133. The van der Waals surface area contributed by atoms with Crippen molar-refractivity contribution in [3.63, 3.8) is 0 Å². The van der Waals surface area contributed by atoms with Gasteiger partial charge in [-0.25, -0.2) is 17.9 Å². The number of carbonyl (C=O) groups excluding carboxylic acids is 1. The van der Waals surface area contributed by atoms with Crippen LogP contribution in [-0.4, -0.2) is 44.8 Å². The first-order chi connectivity index (χ1) is 9.52. The number of benzene rings is 1. The maximum atomic E-state index is 11.7. The molecule has 6 nitrogen and oxygen atoms in total. The predicted octanol–water partition coefficient (Wildman–Crippen LogP) is 1.12. The molecule has 1 saturated heterocycles. The van der Waals surface area contributed by atoms with Crippen LogP contribution >= 0.6 is 0 Å². The number of rotatable bonds is 6. The lowest BCUT2D eigenvalue weighted by Crippen LogP contribution is -2.36. The number of ether oxygens (including phenoxy) is 1. The monoisotopic (exact) mass is 298 g/mol. The van der Waals surface area contributed by atoms with Gasteiger partial charge in [0.25, 0.3) is 0 Å². The zero-order valence-corrected chi connectivity index (χ0v) is 12.1. The lowest BCUT2D eigenvalue weighted by Gasteiger charge is -2.13. The van der Waals surface area contributed by atoms with E-state index in [4.69, 9.17) is 4.74 Å². The Morgan fingerprint density at radius 1 is 1.35 bits per heavy atom. The van der Waals surface area contributed by atoms with E-state index in [9.17, 15) is 13.2 Å². The van der Waals surface area contributed by atoms with E-state index in [2.05, 4.69) is 4.72 Å². The summed E-state index contributed by atoms with van der Waals surface area (Å²) in [6, 6.07) is 9.49. The summed E-state index contributed by atoms with van der Waals surface area (Å²) in [4.78, 5) is 13.2. The standard InChI is InChI=1S/C13H18N2O4S/c1-2-20(17,18)14-8-9-15-10-12(19-13(15)16)11-6-4-3-5-7-11/h3-7,12,14H,2,8-10H2,1H3. The van der Waals surface area contributed by atoms with Gasteiger partial charge in [0.1, 0.15) is 6.10 Å². The molecule has 110 valence electrons. The van der Waals surface area contributed by atoms with Crippen molar-refractivity contribution in [1.82, 2.24) is 9.62 Å². The molecule has 0 radical (unpaired) electrons. The van der Waals surface area contributed by atoms with E-state index in [1.54, 1.807) is 6.92 Å². The minimum absolute atomic E-state index is 0.0318. The molecular formula is C13H18N2O4S. The fourth-order valence-electron chi connectivity index (χ4n) is 1.97. The highest BCUT2D eigenvalue weighted by Gasteiger charge is 2.31. The molecule has 0 saturated carbocycles. The van der Waals surface area contributed by atoms with Crippen molar-refractivity contribution >= 4 is 16.1 Å². The van der Waals surface area contributed by atoms with Crippen LogP contribution in [0.2, 0.25) is 0 Å². The summed E-state index contributed by atoms with van der Waals surface area (Å²) in [7, 11) is -3.22. The summed E-state index contributed by atoms with van der Waals surface area (Å²) in [5.41, 5.74) is 0.942. The molecule has 1 aliphatic heterocycles. The van der Waals surface area contributed by atoms with Crippen molar-refractivity contribution in [3.05, 3.63) is 35.9 Å². The Morgan fingerprint density at radius 3 is 2.70 bits per heavy atom. The Labute approximate surface area is 118 Å². The van der Waals surface area contributed by atoms with Gasteiger partial charge in [0.05, 0.1) is 12.3 Å². The van der Waals surface area contributed by atoms with Crippen LogP contribution in [0.4, 0.5) is 4.79 Å². The number of carbonyl (C=O) groups is 1. The summed E-state index contributed by atoms with van der Waals surface area (Å²) in [6.45, 7) is 2.52. The van der Waals surface area contributed by atoms with E-state index >= 15 is 0 Å². The van der Waals surface area contributed by atoms with Gasteiger partial charge in [-0.2, -0.15) is 0 Å². The van der Waals surface area contributed by atoms with Crippen LogP contribution in [0, 0.1) is 0 Å². The summed E-state index contributed by atoms with van der Waals surface area (Å²) < 4.78 is 30.3. The molecule has 7 heteroatoms. The van der Waals surface area contributed by atoms with Crippen molar-refractivity contribution in [2.45, 2.75) is 13.0 Å². The van der Waals surface area contributed by atoms with Crippen molar-refractivity contribution in [3.8, 4) is 0 Å². The zero-order valence-electron chi connectivity index (χ0n) is 11.3. The van der Waals surface area contributed by atoms with Gasteiger partial charge < -0.3 is 9.64 Å². The first-order valence-corrected chi connectivity index (χ1v) is 8.15. The van der Waals surface area contributed by atoms with Crippen LogP contribution in [0.3, 0.4) is 0 Å². The van der Waals surface area contributed by atoms with E-state index in [0.29, 0.717) is 13.1 Å². The zero-order chi connectivity index (χ0) is 14.6. The molecule has 0 bridgehead atoms. The van der Waals surface area contributed by atoms with Crippen LogP contribution in [0.5, 0.6) is 0 Å². The van der Waals surface area contributed by atoms with E-state index in [0.717, 1.165) is 5.56 Å². The summed E-state index contributed by atoms with van der Waals surface area (Å²) in [5.74, 6) is 0.0318. The third-order valence-electron chi connectivity index (χ3n) is 3.14. The molecule has 0 aromatic heterocycles. The number of hydrogen-bond acceptors (Lipinski definition) is 4. The summed E-state index contributed by atoms with van der Waals surface area (Å²) in [6.07, 6.45) is -0.693. The molecule has 1 amide bonds. The van der Waals surface area contributed by atoms with Crippen molar-refractivity contribution in [2.24, 2.45) is 0 Å². The quantitative estimate of drug-likeness (QED) is 0.854. The Hall–Kier alpha value is -1.60. The Bertz CT molecular complexity index is 559.